The van der Waals surface area contributed by atoms with Crippen molar-refractivity contribution in [1.82, 2.24) is 0 Å². The highest BCUT2D eigenvalue weighted by atomic mass is 16.4. The molecule has 0 aliphatic rings. The van der Waals surface area contributed by atoms with Gasteiger partial charge in [-0.2, -0.15) is 0 Å². The van der Waals surface area contributed by atoms with Gasteiger partial charge >= 0.3 is 5.97 Å². The lowest BCUT2D eigenvalue weighted by molar-refractivity contribution is 0.0695. The van der Waals surface area contributed by atoms with Crippen molar-refractivity contribution in [3.05, 3.63) is 47.2 Å². The number of rotatable bonds is 7. The SMILES string of the molecule is CCCCCc1cccc(C(=O)O)c1CC=CN. The lowest BCUT2D eigenvalue weighted by Gasteiger charge is -2.11. The molecule has 0 aromatic heterocycles. The summed E-state index contributed by atoms with van der Waals surface area (Å²) >= 11 is 0. The minimum atomic E-state index is -0.868. The Morgan fingerprint density at radius 3 is 2.78 bits per heavy atom. The lowest BCUT2D eigenvalue weighted by atomic mass is 9.94. The highest BCUT2D eigenvalue weighted by molar-refractivity contribution is 5.89. The Morgan fingerprint density at radius 1 is 1.39 bits per heavy atom. The van der Waals surface area contributed by atoms with Crippen LogP contribution in [0.2, 0.25) is 0 Å². The maximum Gasteiger partial charge on any atom is 0.335 e. The van der Waals surface area contributed by atoms with E-state index in [1.807, 2.05) is 12.1 Å². The molecule has 0 amide bonds. The Kier molecular flexibility index (Phi) is 5.98. The van der Waals surface area contributed by atoms with E-state index in [1.165, 1.54) is 12.6 Å². The smallest absolute Gasteiger partial charge is 0.335 e. The van der Waals surface area contributed by atoms with Crippen LogP contribution in [0.1, 0.15) is 47.7 Å². The Bertz CT molecular complexity index is 425. The second kappa shape index (κ2) is 7.54. The minimum Gasteiger partial charge on any atom is -0.478 e. The first-order valence-corrected chi connectivity index (χ1v) is 6.41. The number of aryl methyl sites for hydroxylation is 1. The summed E-state index contributed by atoms with van der Waals surface area (Å²) in [5, 5.41) is 9.21. The van der Waals surface area contributed by atoms with E-state index in [9.17, 15) is 9.90 Å². The number of nitrogens with two attached hydrogens (primary N) is 1. The van der Waals surface area contributed by atoms with Gasteiger partial charge < -0.3 is 10.8 Å². The van der Waals surface area contributed by atoms with Gasteiger partial charge in [0, 0.05) is 0 Å². The van der Waals surface area contributed by atoms with Gasteiger partial charge in [-0.15, -0.1) is 0 Å². The highest BCUT2D eigenvalue weighted by Gasteiger charge is 2.12. The largest absolute Gasteiger partial charge is 0.478 e. The molecule has 0 unspecified atom stereocenters. The fourth-order valence-electron chi connectivity index (χ4n) is 2.06. The predicted molar refractivity (Wildman–Crippen MR) is 73.7 cm³/mol. The second-order valence-corrected chi connectivity index (χ2v) is 4.34. The van der Waals surface area contributed by atoms with Crippen molar-refractivity contribution < 1.29 is 9.90 Å². The Morgan fingerprint density at radius 2 is 2.17 bits per heavy atom. The van der Waals surface area contributed by atoms with Crippen LogP contribution < -0.4 is 5.73 Å². The van der Waals surface area contributed by atoms with Gasteiger partial charge in [-0.25, -0.2) is 4.79 Å². The molecule has 0 bridgehead atoms. The van der Waals surface area contributed by atoms with E-state index < -0.39 is 5.97 Å². The fourth-order valence-corrected chi connectivity index (χ4v) is 2.06. The molecule has 0 aliphatic carbocycles. The molecular weight excluding hydrogens is 226 g/mol. The Labute approximate surface area is 108 Å². The Hall–Kier alpha value is -1.77. The van der Waals surface area contributed by atoms with E-state index in [0.29, 0.717) is 12.0 Å². The van der Waals surface area contributed by atoms with Gasteiger partial charge in [-0.3, -0.25) is 0 Å². The monoisotopic (exact) mass is 247 g/mol. The standard InChI is InChI=1S/C15H21NO2/c1-2-3-4-7-12-8-5-9-14(15(17)18)13(12)10-6-11-16/h5-6,8-9,11H,2-4,7,10,16H2,1H3,(H,17,18). The molecule has 1 aromatic rings. The molecule has 0 saturated carbocycles. The number of unbranched alkanes of at least 4 members (excludes halogenated alkanes) is 2. The maximum atomic E-state index is 11.2. The third-order valence-electron chi connectivity index (χ3n) is 3.01. The number of hydrogen-bond acceptors (Lipinski definition) is 2. The van der Waals surface area contributed by atoms with Gasteiger partial charge in [-0.05, 0) is 42.7 Å². The molecule has 18 heavy (non-hydrogen) atoms. The van der Waals surface area contributed by atoms with Crippen molar-refractivity contribution in [1.29, 1.82) is 0 Å². The van der Waals surface area contributed by atoms with Crippen LogP contribution in [0, 0.1) is 0 Å². The number of carboxylic acid groups (broad SMARTS) is 1. The number of allylic oxidation sites excluding steroid dienone is 1. The van der Waals surface area contributed by atoms with E-state index in [2.05, 4.69) is 6.92 Å². The number of hydrogen-bond donors (Lipinski definition) is 2. The van der Waals surface area contributed by atoms with Crippen LogP contribution in [-0.4, -0.2) is 11.1 Å². The Balaban J connectivity index is 2.99. The van der Waals surface area contributed by atoms with E-state index >= 15 is 0 Å². The van der Waals surface area contributed by atoms with Crippen LogP contribution in [0.25, 0.3) is 0 Å². The summed E-state index contributed by atoms with van der Waals surface area (Å²) in [6, 6.07) is 5.49. The highest BCUT2D eigenvalue weighted by Crippen LogP contribution is 2.19. The average molecular weight is 247 g/mol. The van der Waals surface area contributed by atoms with Crippen molar-refractivity contribution in [2.24, 2.45) is 5.73 Å². The molecule has 0 fully saturated rings. The van der Waals surface area contributed by atoms with Crippen LogP contribution in [0.3, 0.4) is 0 Å². The first-order valence-electron chi connectivity index (χ1n) is 6.41. The van der Waals surface area contributed by atoms with Crippen LogP contribution in [-0.2, 0) is 12.8 Å². The molecule has 0 heterocycles. The summed E-state index contributed by atoms with van der Waals surface area (Å²) in [7, 11) is 0. The normalized spacial score (nSPS) is 10.9. The van der Waals surface area contributed by atoms with Crippen LogP contribution in [0.15, 0.2) is 30.5 Å². The third kappa shape index (κ3) is 3.91. The number of carboxylic acids is 1. The van der Waals surface area contributed by atoms with Gasteiger partial charge in [0.1, 0.15) is 0 Å². The van der Waals surface area contributed by atoms with Crippen molar-refractivity contribution in [2.45, 2.75) is 39.0 Å². The number of benzene rings is 1. The molecule has 1 rings (SSSR count). The zero-order valence-corrected chi connectivity index (χ0v) is 10.9. The van der Waals surface area contributed by atoms with E-state index in [4.69, 9.17) is 5.73 Å². The van der Waals surface area contributed by atoms with Gasteiger partial charge in [0.15, 0.2) is 0 Å². The van der Waals surface area contributed by atoms with Crippen molar-refractivity contribution in [3.8, 4) is 0 Å². The summed E-state index contributed by atoms with van der Waals surface area (Å²) in [6.07, 6.45) is 8.21. The quantitative estimate of drug-likeness (QED) is 0.727. The third-order valence-corrected chi connectivity index (χ3v) is 3.01. The molecule has 1 aromatic carbocycles. The molecular formula is C15H21NO2. The molecule has 98 valence electrons. The molecule has 0 aliphatic heterocycles. The summed E-state index contributed by atoms with van der Waals surface area (Å²) in [4.78, 5) is 11.2. The summed E-state index contributed by atoms with van der Waals surface area (Å²) < 4.78 is 0. The van der Waals surface area contributed by atoms with Gasteiger partial charge in [0.05, 0.1) is 5.56 Å². The van der Waals surface area contributed by atoms with Crippen molar-refractivity contribution in [3.63, 3.8) is 0 Å². The predicted octanol–water partition coefficient (Wildman–Crippen LogP) is 3.13. The van der Waals surface area contributed by atoms with Crippen LogP contribution >= 0.6 is 0 Å². The molecule has 3 heteroatoms. The van der Waals surface area contributed by atoms with Crippen LogP contribution in [0.5, 0.6) is 0 Å². The van der Waals surface area contributed by atoms with Crippen LogP contribution in [0.4, 0.5) is 0 Å². The van der Waals surface area contributed by atoms with E-state index in [1.54, 1.807) is 12.1 Å². The van der Waals surface area contributed by atoms with Gasteiger partial charge in [0.2, 0.25) is 0 Å². The fraction of sp³-hybridized carbons (Fsp3) is 0.400. The molecule has 3 nitrogen and oxygen atoms in total. The van der Waals surface area contributed by atoms with E-state index in [0.717, 1.165) is 30.4 Å². The van der Waals surface area contributed by atoms with Crippen molar-refractivity contribution in [2.75, 3.05) is 0 Å². The number of aromatic carboxylic acids is 1. The molecule has 0 atom stereocenters. The first kappa shape index (κ1) is 14.3. The molecule has 0 radical (unpaired) electrons. The summed E-state index contributed by atoms with van der Waals surface area (Å²) in [5.41, 5.74) is 7.75. The molecule has 0 spiro atoms. The molecule has 0 saturated heterocycles. The zero-order chi connectivity index (χ0) is 13.4. The maximum absolute atomic E-state index is 11.2. The van der Waals surface area contributed by atoms with Crippen molar-refractivity contribution >= 4 is 5.97 Å². The van der Waals surface area contributed by atoms with Gasteiger partial charge in [0.25, 0.3) is 0 Å². The lowest BCUT2D eigenvalue weighted by Crippen LogP contribution is -2.06. The summed E-state index contributed by atoms with van der Waals surface area (Å²) in [5.74, 6) is -0.868. The zero-order valence-electron chi connectivity index (χ0n) is 10.9. The second-order valence-electron chi connectivity index (χ2n) is 4.34. The summed E-state index contributed by atoms with van der Waals surface area (Å²) in [6.45, 7) is 2.16. The first-order chi connectivity index (χ1) is 8.70. The van der Waals surface area contributed by atoms with E-state index in [-0.39, 0.29) is 0 Å². The average Bonchev–Trinajstić information content (AvgIpc) is 2.37. The molecule has 3 N–H and O–H groups in total. The number of carbonyl (C=O) groups is 1. The van der Waals surface area contributed by atoms with Gasteiger partial charge in [-0.1, -0.05) is 38.0 Å². The minimum absolute atomic E-state index is 0.391. The topological polar surface area (TPSA) is 63.3 Å².